The molecule has 12 heavy (non-hydrogen) atoms. The van der Waals surface area contributed by atoms with Gasteiger partial charge >= 0.3 is 0 Å². The molecule has 0 aliphatic carbocycles. The molecular weight excluding hydrogens is 152 g/mol. The predicted molar refractivity (Wildman–Crippen MR) is 44.2 cm³/mol. The Bertz CT molecular complexity index is 304. The summed E-state index contributed by atoms with van der Waals surface area (Å²) in [7, 11) is 0. The Kier molecular flexibility index (Phi) is 2.78. The number of pyridine rings is 1. The van der Waals surface area contributed by atoms with Gasteiger partial charge in [-0.3, -0.25) is 4.98 Å². The molecule has 3 nitrogen and oxygen atoms in total. The predicted octanol–water partition coefficient (Wildman–Crippen LogP) is 1.34. The van der Waals surface area contributed by atoms with Crippen LogP contribution in [0.2, 0.25) is 0 Å². The first-order chi connectivity index (χ1) is 5.75. The molecule has 62 valence electrons. The van der Waals surface area contributed by atoms with E-state index in [0.29, 0.717) is 0 Å². The highest BCUT2D eigenvalue weighted by atomic mass is 16.3. The summed E-state index contributed by atoms with van der Waals surface area (Å²) in [6.07, 6.45) is 2.67. The van der Waals surface area contributed by atoms with Crippen LogP contribution >= 0.6 is 0 Å². The van der Waals surface area contributed by atoms with Crippen LogP contribution in [-0.2, 0) is 0 Å². The highest BCUT2D eigenvalue weighted by Gasteiger charge is 2.08. The summed E-state index contributed by atoms with van der Waals surface area (Å²) in [5.41, 5.74) is 1.70. The summed E-state index contributed by atoms with van der Waals surface area (Å²) < 4.78 is 0. The van der Waals surface area contributed by atoms with E-state index in [1.165, 1.54) is 0 Å². The van der Waals surface area contributed by atoms with Crippen molar-refractivity contribution in [3.8, 4) is 6.07 Å². The standard InChI is InChI=1S/C9H10N2O/c1-7-3-5-11-6-8(7)9(12)2-4-10/h3,5-6,9,12H,2H2,1H3. The molecule has 1 atom stereocenters. The minimum absolute atomic E-state index is 0.118. The van der Waals surface area contributed by atoms with Gasteiger partial charge in [0.05, 0.1) is 18.6 Å². The maximum absolute atomic E-state index is 9.44. The van der Waals surface area contributed by atoms with E-state index >= 15 is 0 Å². The average Bonchev–Trinajstić information content (AvgIpc) is 2.05. The Hall–Kier alpha value is -1.40. The number of aliphatic hydroxyl groups is 1. The Labute approximate surface area is 71.3 Å². The number of rotatable bonds is 2. The molecule has 0 fully saturated rings. The quantitative estimate of drug-likeness (QED) is 0.713. The Morgan fingerprint density at radius 1 is 1.75 bits per heavy atom. The van der Waals surface area contributed by atoms with E-state index in [9.17, 15) is 5.11 Å². The Morgan fingerprint density at radius 3 is 3.08 bits per heavy atom. The van der Waals surface area contributed by atoms with E-state index in [4.69, 9.17) is 5.26 Å². The zero-order valence-corrected chi connectivity index (χ0v) is 6.86. The van der Waals surface area contributed by atoms with Gasteiger partial charge < -0.3 is 5.11 Å². The van der Waals surface area contributed by atoms with E-state index in [1.54, 1.807) is 12.4 Å². The van der Waals surface area contributed by atoms with E-state index in [2.05, 4.69) is 4.98 Å². The number of hydrogen-bond acceptors (Lipinski definition) is 3. The first-order valence-electron chi connectivity index (χ1n) is 3.71. The first-order valence-corrected chi connectivity index (χ1v) is 3.71. The molecule has 0 bridgehead atoms. The molecule has 1 aromatic rings. The van der Waals surface area contributed by atoms with Gasteiger partial charge in [0.2, 0.25) is 0 Å². The zero-order valence-electron chi connectivity index (χ0n) is 6.86. The number of aromatic nitrogens is 1. The highest BCUT2D eigenvalue weighted by molar-refractivity contribution is 5.24. The molecule has 0 aromatic carbocycles. The van der Waals surface area contributed by atoms with E-state index in [1.807, 2.05) is 19.1 Å². The summed E-state index contributed by atoms with van der Waals surface area (Å²) in [4.78, 5) is 3.88. The molecule has 3 heteroatoms. The van der Waals surface area contributed by atoms with Gasteiger partial charge in [-0.1, -0.05) is 0 Å². The fourth-order valence-electron chi connectivity index (χ4n) is 1.02. The van der Waals surface area contributed by atoms with Crippen molar-refractivity contribution in [2.75, 3.05) is 0 Å². The summed E-state index contributed by atoms with van der Waals surface area (Å²) in [5.74, 6) is 0. The third kappa shape index (κ3) is 1.80. The van der Waals surface area contributed by atoms with Gasteiger partial charge in [0.1, 0.15) is 0 Å². The minimum atomic E-state index is -0.705. The number of aryl methyl sites for hydroxylation is 1. The molecule has 1 N–H and O–H groups in total. The minimum Gasteiger partial charge on any atom is -0.387 e. The molecule has 0 aliphatic heterocycles. The molecular formula is C9H10N2O. The van der Waals surface area contributed by atoms with Gasteiger partial charge in [-0.25, -0.2) is 0 Å². The lowest BCUT2D eigenvalue weighted by Crippen LogP contribution is -1.99. The van der Waals surface area contributed by atoms with Crippen LogP contribution in [0, 0.1) is 18.3 Å². The highest BCUT2D eigenvalue weighted by Crippen LogP contribution is 2.18. The monoisotopic (exact) mass is 162 g/mol. The van der Waals surface area contributed by atoms with Crippen LogP contribution in [0.4, 0.5) is 0 Å². The number of nitriles is 1. The van der Waals surface area contributed by atoms with Crippen LogP contribution in [-0.4, -0.2) is 10.1 Å². The van der Waals surface area contributed by atoms with Gasteiger partial charge in [-0.2, -0.15) is 5.26 Å². The second kappa shape index (κ2) is 3.84. The molecule has 1 rings (SSSR count). The largest absolute Gasteiger partial charge is 0.387 e. The Morgan fingerprint density at radius 2 is 2.50 bits per heavy atom. The van der Waals surface area contributed by atoms with Crippen LogP contribution in [0.15, 0.2) is 18.5 Å². The second-order valence-electron chi connectivity index (χ2n) is 2.61. The van der Waals surface area contributed by atoms with Gasteiger partial charge in [-0.05, 0) is 18.6 Å². The number of nitrogens with zero attached hydrogens (tertiary/aromatic N) is 2. The van der Waals surface area contributed by atoms with Crippen molar-refractivity contribution in [1.29, 1.82) is 5.26 Å². The molecule has 0 aliphatic rings. The molecule has 0 spiro atoms. The molecule has 0 saturated carbocycles. The first kappa shape index (κ1) is 8.69. The zero-order chi connectivity index (χ0) is 8.97. The Balaban J connectivity index is 2.88. The third-order valence-corrected chi connectivity index (χ3v) is 1.72. The lowest BCUT2D eigenvalue weighted by atomic mass is 10.0. The summed E-state index contributed by atoms with van der Waals surface area (Å²) in [6.45, 7) is 1.89. The van der Waals surface area contributed by atoms with E-state index < -0.39 is 6.10 Å². The summed E-state index contributed by atoms with van der Waals surface area (Å²) in [5, 5.41) is 17.8. The number of aliphatic hydroxyl groups excluding tert-OH is 1. The lowest BCUT2D eigenvalue weighted by molar-refractivity contribution is 0.182. The summed E-state index contributed by atoms with van der Waals surface area (Å²) >= 11 is 0. The van der Waals surface area contributed by atoms with Crippen molar-refractivity contribution in [1.82, 2.24) is 4.98 Å². The van der Waals surface area contributed by atoms with Gasteiger partial charge in [-0.15, -0.1) is 0 Å². The maximum Gasteiger partial charge on any atom is 0.0937 e. The second-order valence-corrected chi connectivity index (χ2v) is 2.61. The van der Waals surface area contributed by atoms with Gasteiger partial charge in [0.25, 0.3) is 0 Å². The molecule has 1 heterocycles. The smallest absolute Gasteiger partial charge is 0.0937 e. The molecule has 0 radical (unpaired) electrons. The van der Waals surface area contributed by atoms with Crippen LogP contribution in [0.3, 0.4) is 0 Å². The van der Waals surface area contributed by atoms with Crippen molar-refractivity contribution in [2.24, 2.45) is 0 Å². The van der Waals surface area contributed by atoms with Crippen molar-refractivity contribution in [3.63, 3.8) is 0 Å². The fourth-order valence-corrected chi connectivity index (χ4v) is 1.02. The van der Waals surface area contributed by atoms with Crippen molar-refractivity contribution in [2.45, 2.75) is 19.4 Å². The lowest BCUT2D eigenvalue weighted by Gasteiger charge is -2.08. The van der Waals surface area contributed by atoms with Crippen molar-refractivity contribution in [3.05, 3.63) is 29.6 Å². The molecule has 1 unspecified atom stereocenters. The van der Waals surface area contributed by atoms with E-state index in [0.717, 1.165) is 11.1 Å². The molecule has 0 amide bonds. The van der Waals surface area contributed by atoms with Crippen LogP contribution in [0.1, 0.15) is 23.7 Å². The summed E-state index contributed by atoms with van der Waals surface area (Å²) in [6, 6.07) is 3.73. The van der Waals surface area contributed by atoms with Crippen LogP contribution < -0.4 is 0 Å². The maximum atomic E-state index is 9.44. The van der Waals surface area contributed by atoms with Crippen LogP contribution in [0.25, 0.3) is 0 Å². The third-order valence-electron chi connectivity index (χ3n) is 1.72. The topological polar surface area (TPSA) is 56.9 Å². The van der Waals surface area contributed by atoms with Crippen molar-refractivity contribution < 1.29 is 5.11 Å². The van der Waals surface area contributed by atoms with Crippen molar-refractivity contribution >= 4 is 0 Å². The number of hydrogen-bond donors (Lipinski definition) is 1. The van der Waals surface area contributed by atoms with E-state index in [-0.39, 0.29) is 6.42 Å². The molecule has 0 saturated heterocycles. The SMILES string of the molecule is Cc1ccncc1C(O)CC#N. The van der Waals surface area contributed by atoms with Gasteiger partial charge in [0, 0.05) is 18.0 Å². The molecule has 1 aromatic heterocycles. The normalized spacial score (nSPS) is 12.1. The average molecular weight is 162 g/mol. The fraction of sp³-hybridized carbons (Fsp3) is 0.333. The van der Waals surface area contributed by atoms with Crippen LogP contribution in [0.5, 0.6) is 0 Å². The van der Waals surface area contributed by atoms with Gasteiger partial charge in [0.15, 0.2) is 0 Å².